The highest BCUT2D eigenvalue weighted by Crippen LogP contribution is 2.27. The van der Waals surface area contributed by atoms with Gasteiger partial charge in [0.1, 0.15) is 5.75 Å². The maximum atomic E-state index is 9.67. The molecule has 0 amide bonds. The lowest BCUT2D eigenvalue weighted by molar-refractivity contribution is 0.470. The zero-order chi connectivity index (χ0) is 9.97. The first kappa shape index (κ1) is 9.34. The van der Waals surface area contributed by atoms with Gasteiger partial charge in [-0.05, 0) is 31.5 Å². The van der Waals surface area contributed by atoms with E-state index in [1.54, 1.807) is 6.07 Å². The molecule has 1 aliphatic heterocycles. The molecule has 2 rings (SSSR count). The first-order valence-corrected chi connectivity index (χ1v) is 5.03. The number of aromatic hydroxyl groups is 1. The van der Waals surface area contributed by atoms with E-state index in [1.807, 2.05) is 25.2 Å². The number of hydrogen-bond acceptors (Lipinski definition) is 3. The van der Waals surface area contributed by atoms with Gasteiger partial charge in [0.25, 0.3) is 0 Å². The van der Waals surface area contributed by atoms with Gasteiger partial charge in [-0.25, -0.2) is 0 Å². The van der Waals surface area contributed by atoms with E-state index in [-0.39, 0.29) is 0 Å². The van der Waals surface area contributed by atoms with Crippen LogP contribution in [0.3, 0.4) is 0 Å². The second-order valence-corrected chi connectivity index (χ2v) is 3.71. The molecule has 0 bridgehead atoms. The highest BCUT2D eigenvalue weighted by atomic mass is 16.3. The molecule has 3 heteroatoms. The quantitative estimate of drug-likeness (QED) is 0.746. The Hall–Kier alpha value is -1.22. The van der Waals surface area contributed by atoms with Crippen molar-refractivity contribution in [2.45, 2.75) is 19.0 Å². The molecule has 1 atom stereocenters. The lowest BCUT2D eigenvalue weighted by Gasteiger charge is -2.27. The highest BCUT2D eigenvalue weighted by molar-refractivity contribution is 5.57. The number of rotatable bonds is 2. The van der Waals surface area contributed by atoms with Crippen molar-refractivity contribution in [3.8, 4) is 5.75 Å². The summed E-state index contributed by atoms with van der Waals surface area (Å²) in [5.74, 6) is 0.351. The summed E-state index contributed by atoms with van der Waals surface area (Å²) in [6, 6.07) is 7.45. The SMILES string of the molecule is CN(c1ccccc1O)C1CCCN1. The lowest BCUT2D eigenvalue weighted by Crippen LogP contribution is -2.39. The standard InChI is InChI=1S/C11H16N2O/c1-13(11-7-4-8-12-11)9-5-2-3-6-10(9)14/h2-3,5-6,11-12,14H,4,7-8H2,1H3. The average Bonchev–Trinajstić information content (AvgIpc) is 2.70. The summed E-state index contributed by atoms with van der Waals surface area (Å²) in [7, 11) is 2.01. The molecular weight excluding hydrogens is 176 g/mol. The molecule has 1 heterocycles. The van der Waals surface area contributed by atoms with Crippen molar-refractivity contribution in [3.05, 3.63) is 24.3 Å². The summed E-state index contributed by atoms with van der Waals surface area (Å²) in [6.45, 7) is 1.07. The molecule has 0 aliphatic carbocycles. The lowest BCUT2D eigenvalue weighted by atomic mass is 10.2. The monoisotopic (exact) mass is 192 g/mol. The van der Waals surface area contributed by atoms with Crippen molar-refractivity contribution in [3.63, 3.8) is 0 Å². The van der Waals surface area contributed by atoms with Gasteiger partial charge in [-0.1, -0.05) is 12.1 Å². The molecule has 2 N–H and O–H groups in total. The Labute approximate surface area is 84.4 Å². The van der Waals surface area contributed by atoms with E-state index >= 15 is 0 Å². The van der Waals surface area contributed by atoms with Gasteiger partial charge in [-0.15, -0.1) is 0 Å². The molecule has 1 aliphatic rings. The molecule has 76 valence electrons. The minimum Gasteiger partial charge on any atom is -0.506 e. The molecule has 1 fully saturated rings. The summed E-state index contributed by atoms with van der Waals surface area (Å²) in [6.07, 6.45) is 2.72. The predicted molar refractivity (Wildman–Crippen MR) is 57.5 cm³/mol. The fourth-order valence-corrected chi connectivity index (χ4v) is 1.93. The van der Waals surface area contributed by atoms with Gasteiger partial charge in [-0.3, -0.25) is 5.32 Å². The van der Waals surface area contributed by atoms with Crippen LogP contribution in [-0.2, 0) is 0 Å². The molecule has 0 aromatic heterocycles. The van der Waals surface area contributed by atoms with E-state index < -0.39 is 0 Å². The van der Waals surface area contributed by atoms with Gasteiger partial charge in [0, 0.05) is 7.05 Å². The van der Waals surface area contributed by atoms with E-state index in [9.17, 15) is 5.11 Å². The number of phenolic OH excluding ortho intramolecular Hbond substituents is 1. The fourth-order valence-electron chi connectivity index (χ4n) is 1.93. The van der Waals surface area contributed by atoms with Gasteiger partial charge >= 0.3 is 0 Å². The van der Waals surface area contributed by atoms with E-state index in [1.165, 1.54) is 6.42 Å². The van der Waals surface area contributed by atoms with Crippen LogP contribution in [0, 0.1) is 0 Å². The second-order valence-electron chi connectivity index (χ2n) is 3.71. The number of anilines is 1. The predicted octanol–water partition coefficient (Wildman–Crippen LogP) is 1.54. The van der Waals surface area contributed by atoms with Crippen LogP contribution in [-0.4, -0.2) is 24.9 Å². The first-order valence-electron chi connectivity index (χ1n) is 5.03. The number of benzene rings is 1. The van der Waals surface area contributed by atoms with Crippen molar-refractivity contribution in [2.24, 2.45) is 0 Å². The highest BCUT2D eigenvalue weighted by Gasteiger charge is 2.20. The molecule has 1 aromatic rings. The van der Waals surface area contributed by atoms with E-state index in [0.29, 0.717) is 11.9 Å². The van der Waals surface area contributed by atoms with Crippen molar-refractivity contribution in [2.75, 3.05) is 18.5 Å². The van der Waals surface area contributed by atoms with Crippen LogP contribution in [0.4, 0.5) is 5.69 Å². The number of para-hydroxylation sites is 2. The zero-order valence-corrected chi connectivity index (χ0v) is 8.40. The van der Waals surface area contributed by atoms with Crippen LogP contribution in [0.5, 0.6) is 5.75 Å². The van der Waals surface area contributed by atoms with Gasteiger partial charge in [0.05, 0.1) is 11.9 Å². The molecule has 0 radical (unpaired) electrons. The van der Waals surface area contributed by atoms with Crippen molar-refractivity contribution in [1.82, 2.24) is 5.32 Å². The van der Waals surface area contributed by atoms with Crippen molar-refractivity contribution < 1.29 is 5.11 Å². The second kappa shape index (κ2) is 3.88. The maximum Gasteiger partial charge on any atom is 0.138 e. The minimum atomic E-state index is 0.351. The van der Waals surface area contributed by atoms with Crippen LogP contribution < -0.4 is 10.2 Å². The third-order valence-corrected chi connectivity index (χ3v) is 2.76. The molecule has 0 spiro atoms. The Morgan fingerprint density at radius 2 is 2.21 bits per heavy atom. The summed E-state index contributed by atoms with van der Waals surface area (Å²) in [5.41, 5.74) is 0.895. The van der Waals surface area contributed by atoms with Gasteiger partial charge in [-0.2, -0.15) is 0 Å². The molecule has 3 nitrogen and oxygen atoms in total. The van der Waals surface area contributed by atoms with Crippen LogP contribution in [0.2, 0.25) is 0 Å². The fraction of sp³-hybridized carbons (Fsp3) is 0.455. The van der Waals surface area contributed by atoms with Gasteiger partial charge < -0.3 is 10.0 Å². The van der Waals surface area contributed by atoms with Gasteiger partial charge in [0.2, 0.25) is 0 Å². The van der Waals surface area contributed by atoms with Crippen LogP contribution in [0.1, 0.15) is 12.8 Å². The van der Waals surface area contributed by atoms with Crippen molar-refractivity contribution in [1.29, 1.82) is 0 Å². The Bertz CT molecular complexity index is 308. The number of hydrogen-bond donors (Lipinski definition) is 2. The summed E-state index contributed by atoms with van der Waals surface area (Å²) in [4.78, 5) is 2.10. The Balaban J connectivity index is 2.17. The van der Waals surface area contributed by atoms with Gasteiger partial charge in [0.15, 0.2) is 0 Å². The van der Waals surface area contributed by atoms with E-state index in [4.69, 9.17) is 0 Å². The van der Waals surface area contributed by atoms with Crippen LogP contribution in [0.15, 0.2) is 24.3 Å². The van der Waals surface area contributed by atoms with Crippen LogP contribution in [0.25, 0.3) is 0 Å². The number of nitrogens with zero attached hydrogens (tertiary/aromatic N) is 1. The molecule has 1 saturated heterocycles. The Morgan fingerprint density at radius 1 is 1.43 bits per heavy atom. The Morgan fingerprint density at radius 3 is 2.86 bits per heavy atom. The third-order valence-electron chi connectivity index (χ3n) is 2.76. The average molecular weight is 192 g/mol. The number of nitrogens with one attached hydrogen (secondary N) is 1. The van der Waals surface area contributed by atoms with E-state index in [2.05, 4.69) is 10.2 Å². The molecule has 0 saturated carbocycles. The summed E-state index contributed by atoms with van der Waals surface area (Å²) >= 11 is 0. The normalized spacial score (nSPS) is 21.1. The summed E-state index contributed by atoms with van der Waals surface area (Å²) in [5, 5.41) is 13.1. The molecule has 1 unspecified atom stereocenters. The number of phenols is 1. The zero-order valence-electron chi connectivity index (χ0n) is 8.40. The Kier molecular flexibility index (Phi) is 2.59. The van der Waals surface area contributed by atoms with E-state index in [0.717, 1.165) is 18.7 Å². The van der Waals surface area contributed by atoms with Crippen LogP contribution >= 0.6 is 0 Å². The summed E-state index contributed by atoms with van der Waals surface area (Å²) < 4.78 is 0. The molecule has 1 aromatic carbocycles. The largest absolute Gasteiger partial charge is 0.506 e. The minimum absolute atomic E-state index is 0.351. The first-order chi connectivity index (χ1) is 6.79. The molecular formula is C11H16N2O. The third kappa shape index (κ3) is 1.68. The smallest absolute Gasteiger partial charge is 0.138 e. The maximum absolute atomic E-state index is 9.67. The van der Waals surface area contributed by atoms with Crippen molar-refractivity contribution >= 4 is 5.69 Å². The molecule has 14 heavy (non-hydrogen) atoms. The topological polar surface area (TPSA) is 35.5 Å².